The molecule has 1 saturated heterocycles. The van der Waals surface area contributed by atoms with Crippen LogP contribution in [0.25, 0.3) is 0 Å². The molecule has 3 rings (SSSR count). The third-order valence-electron chi connectivity index (χ3n) is 4.65. The molecule has 3 amide bonds. The highest BCUT2D eigenvalue weighted by Crippen LogP contribution is 2.29. The van der Waals surface area contributed by atoms with Crippen LogP contribution in [0.1, 0.15) is 25.3 Å². The van der Waals surface area contributed by atoms with Gasteiger partial charge in [-0.05, 0) is 37.5 Å². The molecule has 0 bridgehead atoms. The SMILES string of the molecule is C[C@@H](CCc1ccccc1)NC(=O)CS[C@@H]1CC(=O)N(c2ccccc2)C1=O. The van der Waals surface area contributed by atoms with E-state index in [1.807, 2.05) is 31.2 Å². The molecule has 5 nitrogen and oxygen atoms in total. The summed E-state index contributed by atoms with van der Waals surface area (Å²) in [4.78, 5) is 38.2. The van der Waals surface area contributed by atoms with Gasteiger partial charge in [0.15, 0.2) is 0 Å². The number of benzene rings is 2. The molecule has 0 unspecified atom stereocenters. The Bertz CT molecular complexity index is 826. The molecule has 1 aliphatic heterocycles. The van der Waals surface area contributed by atoms with E-state index in [1.165, 1.54) is 22.2 Å². The summed E-state index contributed by atoms with van der Waals surface area (Å²) in [6, 6.07) is 19.1. The first kappa shape index (κ1) is 20.1. The molecule has 2 atom stereocenters. The Hall–Kier alpha value is -2.60. The van der Waals surface area contributed by atoms with Gasteiger partial charge in [0, 0.05) is 12.5 Å². The van der Waals surface area contributed by atoms with Crippen molar-refractivity contribution in [3.05, 3.63) is 66.2 Å². The predicted octanol–water partition coefficient (Wildman–Crippen LogP) is 3.19. The molecule has 1 N–H and O–H groups in total. The number of hydrogen-bond donors (Lipinski definition) is 1. The third kappa shape index (κ3) is 5.23. The summed E-state index contributed by atoms with van der Waals surface area (Å²) in [7, 11) is 0. The van der Waals surface area contributed by atoms with Crippen LogP contribution < -0.4 is 10.2 Å². The average molecular weight is 397 g/mol. The van der Waals surface area contributed by atoms with Crippen molar-refractivity contribution >= 4 is 35.2 Å². The number of thioether (sulfide) groups is 1. The van der Waals surface area contributed by atoms with Gasteiger partial charge in [-0.3, -0.25) is 14.4 Å². The summed E-state index contributed by atoms with van der Waals surface area (Å²) in [6.45, 7) is 1.98. The van der Waals surface area contributed by atoms with Crippen molar-refractivity contribution in [2.75, 3.05) is 10.7 Å². The Labute approximate surface area is 169 Å². The van der Waals surface area contributed by atoms with E-state index in [4.69, 9.17) is 0 Å². The Morgan fingerprint density at radius 3 is 2.43 bits per heavy atom. The van der Waals surface area contributed by atoms with E-state index in [0.717, 1.165) is 12.8 Å². The molecular weight excluding hydrogens is 372 g/mol. The Morgan fingerprint density at radius 2 is 1.75 bits per heavy atom. The van der Waals surface area contributed by atoms with Crippen molar-refractivity contribution < 1.29 is 14.4 Å². The Balaban J connectivity index is 1.44. The van der Waals surface area contributed by atoms with Gasteiger partial charge in [0.05, 0.1) is 16.7 Å². The molecule has 6 heteroatoms. The van der Waals surface area contributed by atoms with E-state index in [-0.39, 0.29) is 35.9 Å². The maximum atomic E-state index is 12.6. The number of amides is 3. The minimum atomic E-state index is -0.502. The van der Waals surface area contributed by atoms with E-state index in [0.29, 0.717) is 5.69 Å². The van der Waals surface area contributed by atoms with E-state index >= 15 is 0 Å². The van der Waals surface area contributed by atoms with E-state index < -0.39 is 5.25 Å². The first-order valence-electron chi connectivity index (χ1n) is 9.41. The number of nitrogens with one attached hydrogen (secondary N) is 1. The molecule has 0 aliphatic carbocycles. The van der Waals surface area contributed by atoms with Gasteiger partial charge >= 0.3 is 0 Å². The largest absolute Gasteiger partial charge is 0.353 e. The van der Waals surface area contributed by atoms with E-state index in [2.05, 4.69) is 17.4 Å². The second kappa shape index (κ2) is 9.55. The average Bonchev–Trinajstić information content (AvgIpc) is 2.99. The van der Waals surface area contributed by atoms with Crippen LogP contribution in [0.2, 0.25) is 0 Å². The van der Waals surface area contributed by atoms with Gasteiger partial charge in [-0.1, -0.05) is 48.5 Å². The van der Waals surface area contributed by atoms with Crippen molar-refractivity contribution in [1.82, 2.24) is 5.32 Å². The number of aryl methyl sites for hydroxylation is 1. The van der Waals surface area contributed by atoms with Crippen molar-refractivity contribution in [2.24, 2.45) is 0 Å². The van der Waals surface area contributed by atoms with Crippen LogP contribution in [-0.2, 0) is 20.8 Å². The highest BCUT2D eigenvalue weighted by atomic mass is 32.2. The molecule has 28 heavy (non-hydrogen) atoms. The number of hydrogen-bond acceptors (Lipinski definition) is 4. The number of anilines is 1. The number of rotatable bonds is 8. The first-order chi connectivity index (χ1) is 13.5. The van der Waals surface area contributed by atoms with Crippen LogP contribution in [0, 0.1) is 0 Å². The van der Waals surface area contributed by atoms with Crippen LogP contribution >= 0.6 is 11.8 Å². The molecule has 1 aliphatic rings. The summed E-state index contributed by atoms with van der Waals surface area (Å²) in [5, 5.41) is 2.47. The highest BCUT2D eigenvalue weighted by Gasteiger charge is 2.39. The van der Waals surface area contributed by atoms with Crippen molar-refractivity contribution in [2.45, 2.75) is 37.5 Å². The Morgan fingerprint density at radius 1 is 1.11 bits per heavy atom. The lowest BCUT2D eigenvalue weighted by atomic mass is 10.1. The van der Waals surface area contributed by atoms with Crippen LogP contribution in [-0.4, -0.2) is 34.8 Å². The first-order valence-corrected chi connectivity index (χ1v) is 10.5. The highest BCUT2D eigenvalue weighted by molar-refractivity contribution is 8.01. The van der Waals surface area contributed by atoms with Gasteiger partial charge in [-0.25, -0.2) is 4.90 Å². The molecule has 0 aromatic heterocycles. The van der Waals surface area contributed by atoms with E-state index in [9.17, 15) is 14.4 Å². The molecular formula is C22H24N2O3S. The number of carbonyl (C=O) groups is 3. The van der Waals surface area contributed by atoms with Crippen LogP contribution in [0.4, 0.5) is 5.69 Å². The molecule has 2 aromatic rings. The summed E-state index contributed by atoms with van der Waals surface area (Å²) in [5.41, 5.74) is 1.83. The van der Waals surface area contributed by atoms with Gasteiger partial charge in [-0.15, -0.1) is 11.8 Å². The second-order valence-electron chi connectivity index (χ2n) is 6.90. The molecule has 0 radical (unpaired) electrons. The molecule has 2 aromatic carbocycles. The zero-order valence-electron chi connectivity index (χ0n) is 15.8. The zero-order valence-corrected chi connectivity index (χ0v) is 16.7. The lowest BCUT2D eigenvalue weighted by molar-refractivity contribution is -0.121. The predicted molar refractivity (Wildman–Crippen MR) is 112 cm³/mol. The van der Waals surface area contributed by atoms with Gasteiger partial charge in [0.1, 0.15) is 0 Å². The van der Waals surface area contributed by atoms with Crippen molar-refractivity contribution in [3.63, 3.8) is 0 Å². The fourth-order valence-electron chi connectivity index (χ4n) is 3.18. The minimum Gasteiger partial charge on any atom is -0.353 e. The lowest BCUT2D eigenvalue weighted by Crippen LogP contribution is -2.35. The van der Waals surface area contributed by atoms with E-state index in [1.54, 1.807) is 24.3 Å². The maximum Gasteiger partial charge on any atom is 0.247 e. The topological polar surface area (TPSA) is 66.5 Å². The third-order valence-corrected chi connectivity index (χ3v) is 5.85. The fraction of sp³-hybridized carbons (Fsp3) is 0.318. The summed E-state index contributed by atoms with van der Waals surface area (Å²) in [6.07, 6.45) is 1.88. The second-order valence-corrected chi connectivity index (χ2v) is 8.09. The van der Waals surface area contributed by atoms with Gasteiger partial charge in [0.25, 0.3) is 0 Å². The lowest BCUT2D eigenvalue weighted by Gasteiger charge is -2.16. The number of carbonyl (C=O) groups excluding carboxylic acids is 3. The van der Waals surface area contributed by atoms with Crippen molar-refractivity contribution in [3.8, 4) is 0 Å². The quantitative estimate of drug-likeness (QED) is 0.696. The zero-order chi connectivity index (χ0) is 19.9. The number of nitrogens with zero attached hydrogens (tertiary/aromatic N) is 1. The van der Waals surface area contributed by atoms with Crippen molar-refractivity contribution in [1.29, 1.82) is 0 Å². The smallest absolute Gasteiger partial charge is 0.247 e. The Kier molecular flexibility index (Phi) is 6.87. The van der Waals surface area contributed by atoms with Gasteiger partial charge in [-0.2, -0.15) is 0 Å². The molecule has 0 spiro atoms. The van der Waals surface area contributed by atoms with Crippen LogP contribution in [0.15, 0.2) is 60.7 Å². The number of para-hydroxylation sites is 1. The van der Waals surface area contributed by atoms with Gasteiger partial charge < -0.3 is 5.32 Å². The standard InChI is InChI=1S/C22H24N2O3S/c1-16(12-13-17-8-4-2-5-9-17)23-20(25)15-28-19-14-21(26)24(22(19)27)18-10-6-3-7-11-18/h2-11,16,19H,12-15H2,1H3,(H,23,25)/t16-,19+/m0/s1. The molecule has 146 valence electrons. The number of imide groups is 1. The normalized spacial score (nSPS) is 17.6. The van der Waals surface area contributed by atoms with Gasteiger partial charge in [0.2, 0.25) is 17.7 Å². The fourth-order valence-corrected chi connectivity index (χ4v) is 4.12. The molecule has 1 heterocycles. The molecule has 1 fully saturated rings. The molecule has 0 saturated carbocycles. The minimum absolute atomic E-state index is 0.0510. The summed E-state index contributed by atoms with van der Waals surface area (Å²) >= 11 is 1.23. The van der Waals surface area contributed by atoms with Crippen LogP contribution in [0.5, 0.6) is 0 Å². The summed E-state index contributed by atoms with van der Waals surface area (Å²) < 4.78 is 0. The summed E-state index contributed by atoms with van der Waals surface area (Å²) in [5.74, 6) is -0.400. The van der Waals surface area contributed by atoms with Crippen LogP contribution in [0.3, 0.4) is 0 Å². The monoisotopic (exact) mass is 396 g/mol. The maximum absolute atomic E-state index is 12.6.